The van der Waals surface area contributed by atoms with E-state index >= 15 is 0 Å². The van der Waals surface area contributed by atoms with Crippen molar-refractivity contribution in [3.8, 4) is 0 Å². The number of aryl methyl sites for hydroxylation is 1. The van der Waals surface area contributed by atoms with Crippen LogP contribution < -0.4 is 0 Å². The van der Waals surface area contributed by atoms with E-state index in [2.05, 4.69) is 16.8 Å². The first kappa shape index (κ1) is 11.4. The largest absolute Gasteiger partial charge is 0.379 e. The minimum Gasteiger partial charge on any atom is -0.379 e. The van der Waals surface area contributed by atoms with Gasteiger partial charge < -0.3 is 4.74 Å². The fourth-order valence-electron chi connectivity index (χ4n) is 1.51. The quantitative estimate of drug-likeness (QED) is 0.755. The van der Waals surface area contributed by atoms with Gasteiger partial charge in [0.1, 0.15) is 0 Å². The van der Waals surface area contributed by atoms with Gasteiger partial charge in [0.2, 0.25) is 0 Å². The van der Waals surface area contributed by atoms with Crippen molar-refractivity contribution in [2.24, 2.45) is 0 Å². The summed E-state index contributed by atoms with van der Waals surface area (Å²) in [5.41, 5.74) is 0. The predicted molar refractivity (Wildman–Crippen MR) is 64.8 cm³/mol. The second kappa shape index (κ2) is 5.84. The summed E-state index contributed by atoms with van der Waals surface area (Å²) in [7, 11) is 0. The van der Waals surface area contributed by atoms with Crippen LogP contribution >= 0.6 is 23.1 Å². The molecule has 1 saturated heterocycles. The van der Waals surface area contributed by atoms with Gasteiger partial charge in [0.05, 0.1) is 28.6 Å². The van der Waals surface area contributed by atoms with Crippen LogP contribution in [0.3, 0.4) is 0 Å². The van der Waals surface area contributed by atoms with Crippen molar-refractivity contribution in [2.45, 2.75) is 11.1 Å². The van der Waals surface area contributed by atoms with Crippen LogP contribution in [0.1, 0.15) is 5.01 Å². The summed E-state index contributed by atoms with van der Waals surface area (Å²) in [6.07, 6.45) is 1.98. The molecular formula is C10H16N2OS2. The normalized spacial score (nSPS) is 18.2. The average molecular weight is 244 g/mol. The molecule has 1 aromatic rings. The molecule has 2 heterocycles. The molecular weight excluding hydrogens is 228 g/mol. The summed E-state index contributed by atoms with van der Waals surface area (Å²) in [5, 5.41) is 1.16. The Morgan fingerprint density at radius 3 is 3.00 bits per heavy atom. The minimum absolute atomic E-state index is 0.893. The summed E-state index contributed by atoms with van der Waals surface area (Å²) in [5.74, 6) is 1.15. The molecule has 0 amide bonds. The molecule has 5 heteroatoms. The summed E-state index contributed by atoms with van der Waals surface area (Å²) >= 11 is 3.69. The van der Waals surface area contributed by atoms with Gasteiger partial charge in [-0.3, -0.25) is 4.90 Å². The zero-order valence-electron chi connectivity index (χ0n) is 8.94. The van der Waals surface area contributed by atoms with Crippen molar-refractivity contribution in [1.29, 1.82) is 0 Å². The topological polar surface area (TPSA) is 25.4 Å². The highest BCUT2D eigenvalue weighted by Gasteiger charge is 2.09. The maximum atomic E-state index is 5.31. The van der Waals surface area contributed by atoms with E-state index in [1.807, 2.05) is 18.0 Å². The van der Waals surface area contributed by atoms with Crippen molar-refractivity contribution in [1.82, 2.24) is 9.88 Å². The SMILES string of the molecule is Cc1ncc(SCCN2CCOCC2)s1. The fraction of sp³-hybridized carbons (Fsp3) is 0.700. The maximum Gasteiger partial charge on any atom is 0.0905 e. The molecule has 1 aromatic heterocycles. The zero-order chi connectivity index (χ0) is 10.5. The molecule has 1 aliphatic heterocycles. The molecule has 0 spiro atoms. The smallest absolute Gasteiger partial charge is 0.0905 e. The van der Waals surface area contributed by atoms with E-state index in [0.29, 0.717) is 0 Å². The summed E-state index contributed by atoms with van der Waals surface area (Å²) in [6.45, 7) is 7.17. The van der Waals surface area contributed by atoms with Crippen molar-refractivity contribution in [3.05, 3.63) is 11.2 Å². The van der Waals surface area contributed by atoms with Gasteiger partial charge in [-0.2, -0.15) is 0 Å². The Kier molecular flexibility index (Phi) is 4.43. The van der Waals surface area contributed by atoms with Crippen LogP contribution in [0.15, 0.2) is 10.4 Å². The van der Waals surface area contributed by atoms with Crippen molar-refractivity contribution >= 4 is 23.1 Å². The lowest BCUT2D eigenvalue weighted by Crippen LogP contribution is -2.37. The second-order valence-electron chi connectivity index (χ2n) is 3.50. The first-order valence-electron chi connectivity index (χ1n) is 5.20. The molecule has 1 aliphatic rings. The highest BCUT2D eigenvalue weighted by Crippen LogP contribution is 2.24. The van der Waals surface area contributed by atoms with Gasteiger partial charge in [-0.1, -0.05) is 0 Å². The highest BCUT2D eigenvalue weighted by atomic mass is 32.2. The Hall–Kier alpha value is -0.100. The van der Waals surface area contributed by atoms with E-state index in [-0.39, 0.29) is 0 Å². The Morgan fingerprint density at radius 1 is 1.53 bits per heavy atom. The van der Waals surface area contributed by atoms with Gasteiger partial charge in [-0.25, -0.2) is 4.98 Å². The van der Waals surface area contributed by atoms with Gasteiger partial charge >= 0.3 is 0 Å². The number of nitrogens with zero attached hydrogens (tertiary/aromatic N) is 2. The van der Waals surface area contributed by atoms with Crippen LogP contribution in [0.25, 0.3) is 0 Å². The lowest BCUT2D eigenvalue weighted by Gasteiger charge is -2.26. The average Bonchev–Trinajstić information content (AvgIpc) is 2.66. The van der Waals surface area contributed by atoms with Gasteiger partial charge in [0.15, 0.2) is 0 Å². The molecule has 0 N–H and O–H groups in total. The highest BCUT2D eigenvalue weighted by molar-refractivity contribution is 8.01. The lowest BCUT2D eigenvalue weighted by molar-refractivity contribution is 0.0410. The Morgan fingerprint density at radius 2 is 2.33 bits per heavy atom. The van der Waals surface area contributed by atoms with E-state index in [1.54, 1.807) is 11.3 Å². The monoisotopic (exact) mass is 244 g/mol. The number of thioether (sulfide) groups is 1. The molecule has 1 fully saturated rings. The summed E-state index contributed by atoms with van der Waals surface area (Å²) in [4.78, 5) is 6.71. The zero-order valence-corrected chi connectivity index (χ0v) is 10.6. The molecule has 0 saturated carbocycles. The Balaban J connectivity index is 1.65. The fourth-order valence-corrected chi connectivity index (χ4v) is 3.54. The number of hydrogen-bond acceptors (Lipinski definition) is 5. The Labute approximate surface area is 98.8 Å². The van der Waals surface area contributed by atoms with Crippen molar-refractivity contribution in [2.75, 3.05) is 38.6 Å². The van der Waals surface area contributed by atoms with E-state index < -0.39 is 0 Å². The molecule has 0 bridgehead atoms. The van der Waals surface area contributed by atoms with E-state index in [9.17, 15) is 0 Å². The van der Waals surface area contributed by atoms with Crippen molar-refractivity contribution < 1.29 is 4.74 Å². The Bertz CT molecular complexity index is 297. The van der Waals surface area contributed by atoms with Crippen LogP contribution in [0.4, 0.5) is 0 Å². The first-order valence-corrected chi connectivity index (χ1v) is 7.00. The molecule has 0 aromatic carbocycles. The van der Waals surface area contributed by atoms with Crippen LogP contribution in [-0.4, -0.2) is 48.5 Å². The third kappa shape index (κ3) is 3.75. The molecule has 0 atom stereocenters. The predicted octanol–water partition coefficient (Wildman–Crippen LogP) is 1.88. The van der Waals surface area contributed by atoms with E-state index in [4.69, 9.17) is 4.74 Å². The van der Waals surface area contributed by atoms with Gasteiger partial charge in [-0.15, -0.1) is 23.1 Å². The van der Waals surface area contributed by atoms with Crippen LogP contribution in [-0.2, 0) is 4.74 Å². The van der Waals surface area contributed by atoms with Gasteiger partial charge in [0, 0.05) is 25.4 Å². The van der Waals surface area contributed by atoms with Gasteiger partial charge in [-0.05, 0) is 6.92 Å². The lowest BCUT2D eigenvalue weighted by atomic mass is 10.4. The van der Waals surface area contributed by atoms with Gasteiger partial charge in [0.25, 0.3) is 0 Å². The van der Waals surface area contributed by atoms with Crippen molar-refractivity contribution in [3.63, 3.8) is 0 Å². The third-order valence-electron chi connectivity index (χ3n) is 2.36. The van der Waals surface area contributed by atoms with Crippen LogP contribution in [0.2, 0.25) is 0 Å². The molecule has 84 valence electrons. The van der Waals surface area contributed by atoms with Crippen LogP contribution in [0, 0.1) is 6.92 Å². The number of morpholine rings is 1. The maximum absolute atomic E-state index is 5.31. The standard InChI is InChI=1S/C10H16N2OS2/c1-9-11-8-10(15-9)14-7-4-12-2-5-13-6-3-12/h8H,2-7H2,1H3. The number of ether oxygens (including phenoxy) is 1. The van der Waals surface area contributed by atoms with Crippen LogP contribution in [0.5, 0.6) is 0 Å². The molecule has 15 heavy (non-hydrogen) atoms. The summed E-state index contributed by atoms with van der Waals surface area (Å²) in [6, 6.07) is 0. The molecule has 0 radical (unpaired) electrons. The molecule has 0 aliphatic carbocycles. The first-order chi connectivity index (χ1) is 7.34. The number of hydrogen-bond donors (Lipinski definition) is 0. The van der Waals surface area contributed by atoms with E-state index in [0.717, 1.165) is 43.6 Å². The number of aromatic nitrogens is 1. The number of thiazole rings is 1. The molecule has 2 rings (SSSR count). The second-order valence-corrected chi connectivity index (χ2v) is 6.13. The number of rotatable bonds is 4. The minimum atomic E-state index is 0.893. The molecule has 3 nitrogen and oxygen atoms in total. The van der Waals surface area contributed by atoms with E-state index in [1.165, 1.54) is 4.21 Å². The third-order valence-corrected chi connectivity index (χ3v) is 4.44. The molecule has 0 unspecified atom stereocenters. The summed E-state index contributed by atoms with van der Waals surface area (Å²) < 4.78 is 6.65.